The average molecular weight is 395 g/mol. The fourth-order valence-electron chi connectivity index (χ4n) is 3.91. The maximum atomic E-state index is 12.5. The van der Waals surface area contributed by atoms with Crippen molar-refractivity contribution < 1.29 is 21.6 Å². The molecule has 2 aliphatic heterocycles. The van der Waals surface area contributed by atoms with Gasteiger partial charge in [-0.3, -0.25) is 4.99 Å². The minimum Gasteiger partial charge on any atom is -0.332 e. The molecule has 0 aromatic heterocycles. The molecule has 0 bridgehead atoms. The number of hydrogen-bond acceptors (Lipinski definition) is 4. The van der Waals surface area contributed by atoms with Crippen molar-refractivity contribution in [2.45, 2.75) is 66.2 Å². The highest BCUT2D eigenvalue weighted by molar-refractivity contribution is 7.89. The van der Waals surface area contributed by atoms with Gasteiger partial charge in [0, 0.05) is 30.6 Å². The van der Waals surface area contributed by atoms with Crippen LogP contribution in [0.3, 0.4) is 0 Å². The highest BCUT2D eigenvalue weighted by Gasteiger charge is 2.42. The van der Waals surface area contributed by atoms with Crippen molar-refractivity contribution in [3.05, 3.63) is 11.3 Å². The lowest BCUT2D eigenvalue weighted by molar-refractivity contribution is -0.106. The second-order valence-corrected chi connectivity index (χ2v) is 10.2. The number of halogens is 3. The third kappa shape index (κ3) is 4.79. The highest BCUT2D eigenvalue weighted by Crippen LogP contribution is 2.41. The van der Waals surface area contributed by atoms with E-state index in [9.17, 15) is 21.6 Å². The van der Waals surface area contributed by atoms with Crippen LogP contribution >= 0.6 is 0 Å². The predicted octanol–water partition coefficient (Wildman–Crippen LogP) is 3.30. The van der Waals surface area contributed by atoms with Crippen molar-refractivity contribution in [2.75, 3.05) is 12.3 Å². The second kappa shape index (κ2) is 6.82. The Hall–Kier alpha value is -1.09. The normalized spacial score (nSPS) is 25.0. The van der Waals surface area contributed by atoms with Crippen LogP contribution in [0.5, 0.6) is 0 Å². The van der Waals surface area contributed by atoms with Gasteiger partial charge in [0.15, 0.2) is 5.75 Å². The summed E-state index contributed by atoms with van der Waals surface area (Å²) < 4.78 is 63.5. The largest absolute Gasteiger partial charge is 0.404 e. The van der Waals surface area contributed by atoms with Gasteiger partial charge in [0.05, 0.1) is 6.04 Å². The van der Waals surface area contributed by atoms with Gasteiger partial charge in [-0.15, -0.1) is 0 Å². The Balaban J connectivity index is 2.34. The molecule has 26 heavy (non-hydrogen) atoms. The van der Waals surface area contributed by atoms with Gasteiger partial charge >= 0.3 is 6.18 Å². The van der Waals surface area contributed by atoms with E-state index >= 15 is 0 Å². The summed E-state index contributed by atoms with van der Waals surface area (Å²) in [5.41, 5.74) is 1.93. The van der Waals surface area contributed by atoms with E-state index in [1.54, 1.807) is 0 Å². The summed E-state index contributed by atoms with van der Waals surface area (Å²) in [6.07, 6.45) is -4.38. The average Bonchev–Trinajstić information content (AvgIpc) is 2.73. The zero-order valence-corrected chi connectivity index (χ0v) is 16.9. The van der Waals surface area contributed by atoms with Gasteiger partial charge in [0.1, 0.15) is 5.84 Å². The molecule has 0 amide bonds. The fraction of sp³-hybridized carbons (Fsp3) is 0.824. The molecule has 0 aromatic carbocycles. The lowest BCUT2D eigenvalue weighted by atomic mass is 9.79. The first kappa shape index (κ1) is 21.2. The third-order valence-corrected chi connectivity index (χ3v) is 5.92. The first-order valence-electron chi connectivity index (χ1n) is 8.76. The van der Waals surface area contributed by atoms with Gasteiger partial charge in [0.25, 0.3) is 0 Å². The number of aliphatic imine (C=N–C) groups is 1. The topological polar surface area (TPSA) is 61.8 Å². The molecule has 0 saturated carbocycles. The van der Waals surface area contributed by atoms with E-state index in [1.807, 2.05) is 25.7 Å². The summed E-state index contributed by atoms with van der Waals surface area (Å²) in [6, 6.07) is -0.631. The highest BCUT2D eigenvalue weighted by atomic mass is 32.2. The smallest absolute Gasteiger partial charge is 0.332 e. The molecule has 0 radical (unpaired) electrons. The maximum absolute atomic E-state index is 12.5. The molecular weight excluding hydrogens is 367 g/mol. The van der Waals surface area contributed by atoms with Gasteiger partial charge in [-0.25, -0.2) is 13.1 Å². The summed E-state index contributed by atoms with van der Waals surface area (Å²) in [4.78, 5) is 6.78. The van der Waals surface area contributed by atoms with Gasteiger partial charge in [-0.2, -0.15) is 13.2 Å². The molecule has 2 heterocycles. The SMILES string of the molecule is CC(C)C1=N[C@@H](C)C(C(C)(C)C)=C2CC(NS(=O)(=O)CC(F)(F)F)CN12. The van der Waals surface area contributed by atoms with Crippen LogP contribution in [-0.4, -0.2) is 49.7 Å². The van der Waals surface area contributed by atoms with E-state index in [1.165, 1.54) is 0 Å². The number of hydrogen-bond donors (Lipinski definition) is 1. The maximum Gasteiger partial charge on any atom is 0.404 e. The molecule has 0 spiro atoms. The van der Waals surface area contributed by atoms with Crippen LogP contribution in [0, 0.1) is 11.3 Å². The van der Waals surface area contributed by atoms with Crippen molar-refractivity contribution >= 4 is 15.9 Å². The lowest BCUT2D eigenvalue weighted by Gasteiger charge is -2.38. The first-order chi connectivity index (χ1) is 11.6. The molecule has 2 rings (SSSR count). The molecule has 9 heteroatoms. The van der Waals surface area contributed by atoms with Gasteiger partial charge < -0.3 is 4.90 Å². The van der Waals surface area contributed by atoms with Crippen molar-refractivity contribution in [2.24, 2.45) is 16.3 Å². The molecule has 1 fully saturated rings. The minimum atomic E-state index is -4.76. The van der Waals surface area contributed by atoms with E-state index in [2.05, 4.69) is 25.5 Å². The number of nitrogens with one attached hydrogen (secondary N) is 1. The Morgan fingerprint density at radius 3 is 2.31 bits per heavy atom. The molecule has 5 nitrogen and oxygen atoms in total. The number of fused-ring (bicyclic) bond motifs is 1. The zero-order valence-electron chi connectivity index (χ0n) is 16.1. The Kier molecular flexibility index (Phi) is 5.56. The lowest BCUT2D eigenvalue weighted by Crippen LogP contribution is -2.43. The monoisotopic (exact) mass is 395 g/mol. The molecule has 2 aliphatic rings. The van der Waals surface area contributed by atoms with Crippen molar-refractivity contribution in [1.82, 2.24) is 9.62 Å². The molecular formula is C17H28F3N3O2S. The quantitative estimate of drug-likeness (QED) is 0.795. The fourth-order valence-corrected chi connectivity index (χ4v) is 5.09. The van der Waals surface area contributed by atoms with E-state index in [0.29, 0.717) is 13.0 Å². The zero-order chi connectivity index (χ0) is 20.1. The standard InChI is InChI=1S/C17H28F3N3O2S/c1-10(2)15-21-11(3)14(16(4,5)6)13-7-12(8-23(13)15)22-26(24,25)9-17(18,19)20/h10-12,22H,7-9H2,1-6H3/t11-,12?/m0/s1. The van der Waals surface area contributed by atoms with E-state index in [0.717, 1.165) is 17.1 Å². The summed E-state index contributed by atoms with van der Waals surface area (Å²) in [5, 5.41) is 0. The first-order valence-corrected chi connectivity index (χ1v) is 10.4. The van der Waals surface area contributed by atoms with Crippen LogP contribution in [0.4, 0.5) is 13.2 Å². The molecule has 150 valence electrons. The number of alkyl halides is 3. The molecule has 1 saturated heterocycles. The Bertz CT molecular complexity index is 719. The van der Waals surface area contributed by atoms with Crippen molar-refractivity contribution in [3.8, 4) is 0 Å². The molecule has 0 aliphatic carbocycles. The number of sulfonamides is 1. The van der Waals surface area contributed by atoms with E-state index in [-0.39, 0.29) is 17.4 Å². The number of nitrogens with zero attached hydrogens (tertiary/aromatic N) is 2. The van der Waals surface area contributed by atoms with E-state index in [4.69, 9.17) is 4.99 Å². The summed E-state index contributed by atoms with van der Waals surface area (Å²) in [7, 11) is -4.43. The summed E-state index contributed by atoms with van der Waals surface area (Å²) in [6.45, 7) is 12.5. The van der Waals surface area contributed by atoms with Gasteiger partial charge in [-0.1, -0.05) is 34.6 Å². The Morgan fingerprint density at radius 2 is 1.85 bits per heavy atom. The van der Waals surface area contributed by atoms with Gasteiger partial charge in [0.2, 0.25) is 10.0 Å². The molecule has 0 aromatic rings. The number of rotatable bonds is 4. The van der Waals surface area contributed by atoms with Crippen LogP contribution in [-0.2, 0) is 10.0 Å². The predicted molar refractivity (Wildman–Crippen MR) is 96.3 cm³/mol. The van der Waals surface area contributed by atoms with Crippen LogP contribution in [0.15, 0.2) is 16.3 Å². The van der Waals surface area contributed by atoms with Crippen LogP contribution in [0.2, 0.25) is 0 Å². The minimum absolute atomic E-state index is 0.0378. The van der Waals surface area contributed by atoms with Gasteiger partial charge in [-0.05, 0) is 17.9 Å². The van der Waals surface area contributed by atoms with E-state index < -0.39 is 28.0 Å². The van der Waals surface area contributed by atoms with Crippen LogP contribution < -0.4 is 4.72 Å². The second-order valence-electron chi connectivity index (χ2n) is 8.43. The molecule has 2 atom stereocenters. The Morgan fingerprint density at radius 1 is 1.27 bits per heavy atom. The summed E-state index contributed by atoms with van der Waals surface area (Å²) in [5.74, 6) is -0.860. The third-order valence-electron chi connectivity index (χ3n) is 4.52. The van der Waals surface area contributed by atoms with Crippen LogP contribution in [0.25, 0.3) is 0 Å². The Labute approximate surface area is 153 Å². The van der Waals surface area contributed by atoms with Crippen LogP contribution in [0.1, 0.15) is 48.0 Å². The molecule has 1 unspecified atom stereocenters. The summed E-state index contributed by atoms with van der Waals surface area (Å²) >= 11 is 0. The molecule has 1 N–H and O–H groups in total. The number of amidine groups is 1. The van der Waals surface area contributed by atoms with Crippen molar-refractivity contribution in [3.63, 3.8) is 0 Å². The van der Waals surface area contributed by atoms with Crippen molar-refractivity contribution in [1.29, 1.82) is 0 Å².